The maximum atomic E-state index is 12.5. The molecule has 2 aromatic heterocycles. The second-order valence-corrected chi connectivity index (χ2v) is 9.59. The van der Waals surface area contributed by atoms with Crippen molar-refractivity contribution >= 4 is 34.6 Å². The minimum absolute atomic E-state index is 0.0992. The number of nitrogens with zero attached hydrogens (tertiary/aromatic N) is 4. The van der Waals surface area contributed by atoms with Crippen LogP contribution in [-0.2, 0) is 11.3 Å². The van der Waals surface area contributed by atoms with Gasteiger partial charge in [0.2, 0.25) is 11.9 Å². The van der Waals surface area contributed by atoms with E-state index in [4.69, 9.17) is 0 Å². The number of alkyl halides is 3. The van der Waals surface area contributed by atoms with E-state index in [1.807, 2.05) is 12.1 Å². The van der Waals surface area contributed by atoms with Gasteiger partial charge in [0.1, 0.15) is 12.2 Å². The highest BCUT2D eigenvalue weighted by atomic mass is 19.4. The Kier molecular flexibility index (Phi) is 7.00. The summed E-state index contributed by atoms with van der Waals surface area (Å²) in [7, 11) is 0. The largest absolute Gasteiger partial charge is 0.397 e. The van der Waals surface area contributed by atoms with Crippen molar-refractivity contribution in [3.8, 4) is 0 Å². The lowest BCUT2D eigenvalue weighted by atomic mass is 10.2. The first-order valence-electron chi connectivity index (χ1n) is 12.3. The summed E-state index contributed by atoms with van der Waals surface area (Å²) in [4.78, 5) is 39.6. The highest BCUT2D eigenvalue weighted by Crippen LogP contribution is 2.28. The number of halogens is 3. The zero-order valence-electron chi connectivity index (χ0n) is 20.1. The lowest BCUT2D eigenvalue weighted by molar-refractivity contribution is -0.162. The number of carbonyl (C=O) groups excluding carboxylic acids is 2. The molecule has 37 heavy (non-hydrogen) atoms. The van der Waals surface area contributed by atoms with Crippen LogP contribution in [0.5, 0.6) is 0 Å². The molecule has 12 heteroatoms. The maximum absolute atomic E-state index is 12.5. The highest BCUT2D eigenvalue weighted by Gasteiger charge is 2.34. The van der Waals surface area contributed by atoms with Crippen molar-refractivity contribution in [1.82, 2.24) is 30.1 Å². The molecule has 0 unspecified atom stereocenters. The molecule has 2 fully saturated rings. The van der Waals surface area contributed by atoms with Gasteiger partial charge in [0.15, 0.2) is 0 Å². The van der Waals surface area contributed by atoms with Crippen molar-refractivity contribution in [3.05, 3.63) is 47.7 Å². The van der Waals surface area contributed by atoms with Crippen LogP contribution in [0.3, 0.4) is 0 Å². The van der Waals surface area contributed by atoms with Crippen LogP contribution in [-0.4, -0.2) is 75.5 Å². The first kappa shape index (κ1) is 25.0. The fourth-order valence-corrected chi connectivity index (χ4v) is 4.33. The number of carbonyl (C=O) groups is 2. The van der Waals surface area contributed by atoms with E-state index >= 15 is 0 Å². The van der Waals surface area contributed by atoms with Gasteiger partial charge in [0, 0.05) is 51.0 Å². The van der Waals surface area contributed by atoms with Gasteiger partial charge in [0.05, 0.1) is 11.0 Å². The molecule has 1 aliphatic heterocycles. The molecule has 0 spiro atoms. The topological polar surface area (TPSA) is 106 Å². The molecule has 0 atom stereocenters. The zero-order chi connectivity index (χ0) is 26.0. The Bertz CT molecular complexity index is 1280. The Morgan fingerprint density at radius 1 is 1.08 bits per heavy atom. The van der Waals surface area contributed by atoms with Crippen LogP contribution in [0, 0.1) is 5.92 Å². The third-order valence-corrected chi connectivity index (χ3v) is 6.55. The number of hydrogen-bond donors (Lipinski definition) is 3. The normalized spacial score (nSPS) is 16.7. The molecule has 0 radical (unpaired) electrons. The fourth-order valence-electron chi connectivity index (χ4n) is 4.33. The van der Waals surface area contributed by atoms with Crippen LogP contribution < -0.4 is 10.6 Å². The van der Waals surface area contributed by atoms with Crippen molar-refractivity contribution in [2.45, 2.75) is 32.0 Å². The first-order valence-corrected chi connectivity index (χ1v) is 12.3. The van der Waals surface area contributed by atoms with Crippen LogP contribution in [0.1, 0.15) is 35.2 Å². The molecule has 1 saturated heterocycles. The predicted molar refractivity (Wildman–Crippen MR) is 131 cm³/mol. The number of H-pyrrole nitrogens is 1. The first-order chi connectivity index (χ1) is 17.7. The van der Waals surface area contributed by atoms with Gasteiger partial charge in [-0.1, -0.05) is 0 Å². The van der Waals surface area contributed by atoms with Crippen LogP contribution in [0.25, 0.3) is 11.0 Å². The molecule has 2 amide bonds. The zero-order valence-corrected chi connectivity index (χ0v) is 20.1. The number of imidazole rings is 1. The Labute approximate surface area is 211 Å². The number of pyridine rings is 1. The van der Waals surface area contributed by atoms with Gasteiger partial charge in [0.25, 0.3) is 5.91 Å². The Morgan fingerprint density at radius 3 is 2.59 bits per heavy atom. The van der Waals surface area contributed by atoms with Crippen molar-refractivity contribution in [2.75, 3.05) is 38.0 Å². The van der Waals surface area contributed by atoms with Gasteiger partial charge < -0.3 is 20.5 Å². The summed E-state index contributed by atoms with van der Waals surface area (Å²) in [5.74, 6) is 0.707. The summed E-state index contributed by atoms with van der Waals surface area (Å²) in [5.41, 5.74) is 2.99. The summed E-state index contributed by atoms with van der Waals surface area (Å²) >= 11 is 0. The van der Waals surface area contributed by atoms with Crippen LogP contribution in [0.4, 0.5) is 24.9 Å². The summed E-state index contributed by atoms with van der Waals surface area (Å²) in [5, 5.41) is 6.12. The number of fused-ring (bicyclic) bond motifs is 1. The molecule has 9 nitrogen and oxygen atoms in total. The number of rotatable bonds is 8. The second kappa shape index (κ2) is 10.4. The lowest BCUT2D eigenvalue weighted by Crippen LogP contribution is -2.49. The molecule has 2 aliphatic rings. The van der Waals surface area contributed by atoms with Gasteiger partial charge in [-0.05, 0) is 54.7 Å². The average Bonchev–Trinajstić information content (AvgIpc) is 3.60. The Morgan fingerprint density at radius 2 is 1.86 bits per heavy atom. The van der Waals surface area contributed by atoms with E-state index in [-0.39, 0.29) is 19.0 Å². The maximum Gasteiger partial charge on any atom is 0.397 e. The Hall–Kier alpha value is -3.67. The van der Waals surface area contributed by atoms with E-state index in [0.717, 1.165) is 16.6 Å². The predicted octanol–water partition coefficient (Wildman–Crippen LogP) is 3.44. The molecule has 1 saturated carbocycles. The standard InChI is InChI=1S/C25H28F3N7O2/c26-25(27,28)13-22(36)35-9-7-34(8-10-35)15-17-5-6-29-21(11-17)33-24-31-19-4-3-18(12-20(19)32-24)23(37)30-14-16-1-2-16/h3-6,11-12,16H,1-2,7-10,13-15H2,(H,30,37)(H2,29,31,32,33). The van der Waals surface area contributed by atoms with Crippen molar-refractivity contribution in [2.24, 2.45) is 5.92 Å². The molecule has 5 rings (SSSR count). The minimum Gasteiger partial charge on any atom is -0.352 e. The summed E-state index contributed by atoms with van der Waals surface area (Å²) in [6, 6.07) is 9.08. The number of aromatic amines is 1. The van der Waals surface area contributed by atoms with Crippen LogP contribution in [0.15, 0.2) is 36.5 Å². The molecular formula is C25H28F3N7O2. The number of hydrogen-bond acceptors (Lipinski definition) is 6. The second-order valence-electron chi connectivity index (χ2n) is 9.59. The molecule has 1 aromatic carbocycles. The van der Waals surface area contributed by atoms with Gasteiger partial charge in [-0.25, -0.2) is 9.97 Å². The van der Waals surface area contributed by atoms with E-state index in [0.29, 0.717) is 49.4 Å². The van der Waals surface area contributed by atoms with E-state index < -0.39 is 18.5 Å². The van der Waals surface area contributed by atoms with Crippen LogP contribution >= 0.6 is 0 Å². The van der Waals surface area contributed by atoms with Gasteiger partial charge >= 0.3 is 6.18 Å². The smallest absolute Gasteiger partial charge is 0.352 e. The summed E-state index contributed by atoms with van der Waals surface area (Å²) < 4.78 is 37.5. The molecule has 3 heterocycles. The van der Waals surface area contributed by atoms with Gasteiger partial charge in [-0.15, -0.1) is 0 Å². The molecule has 3 N–H and O–H groups in total. The van der Waals surface area contributed by atoms with Crippen molar-refractivity contribution in [3.63, 3.8) is 0 Å². The number of piperazine rings is 1. The molecule has 1 aliphatic carbocycles. The molecule has 0 bridgehead atoms. The molecule has 196 valence electrons. The fraction of sp³-hybridized carbons (Fsp3) is 0.440. The van der Waals surface area contributed by atoms with E-state index in [9.17, 15) is 22.8 Å². The summed E-state index contributed by atoms with van der Waals surface area (Å²) in [6.07, 6.45) is -1.88. The quantitative estimate of drug-likeness (QED) is 0.425. The monoisotopic (exact) mass is 515 g/mol. The number of benzene rings is 1. The van der Waals surface area contributed by atoms with Gasteiger partial charge in [-0.2, -0.15) is 13.2 Å². The van der Waals surface area contributed by atoms with E-state index in [2.05, 4.69) is 30.5 Å². The SMILES string of the molecule is O=C(NCC1CC1)c1ccc2nc(Nc3cc(CN4CCN(C(=O)CC(F)(F)F)CC4)ccn3)[nH]c2c1. The van der Waals surface area contributed by atoms with Gasteiger partial charge in [-0.3, -0.25) is 14.5 Å². The molecule has 3 aromatic rings. The van der Waals surface area contributed by atoms with E-state index in [1.165, 1.54) is 17.7 Å². The summed E-state index contributed by atoms with van der Waals surface area (Å²) in [6.45, 7) is 2.82. The van der Waals surface area contributed by atoms with Crippen molar-refractivity contribution in [1.29, 1.82) is 0 Å². The highest BCUT2D eigenvalue weighted by molar-refractivity contribution is 5.97. The third kappa shape index (κ3) is 6.76. The average molecular weight is 516 g/mol. The lowest BCUT2D eigenvalue weighted by Gasteiger charge is -2.35. The van der Waals surface area contributed by atoms with Crippen LogP contribution in [0.2, 0.25) is 0 Å². The third-order valence-electron chi connectivity index (χ3n) is 6.55. The number of amides is 2. The minimum atomic E-state index is -4.49. The van der Waals surface area contributed by atoms with E-state index in [1.54, 1.807) is 24.4 Å². The Balaban J connectivity index is 1.16. The molecular weight excluding hydrogens is 487 g/mol. The number of aromatic nitrogens is 3. The van der Waals surface area contributed by atoms with Crippen molar-refractivity contribution < 1.29 is 22.8 Å². The number of anilines is 2. The number of nitrogens with one attached hydrogen (secondary N) is 3.